The summed E-state index contributed by atoms with van der Waals surface area (Å²) >= 11 is 0. The van der Waals surface area contributed by atoms with E-state index in [1.54, 1.807) is 6.20 Å². The van der Waals surface area contributed by atoms with E-state index < -0.39 is 0 Å². The smallest absolute Gasteiger partial charge is 0.183 e. The third-order valence-electron chi connectivity index (χ3n) is 3.84. The molecule has 0 aliphatic carbocycles. The first kappa shape index (κ1) is 11.5. The second-order valence-electron chi connectivity index (χ2n) is 5.03. The van der Waals surface area contributed by atoms with Gasteiger partial charge < -0.3 is 5.32 Å². The van der Waals surface area contributed by atoms with Crippen LogP contribution < -0.4 is 5.32 Å². The molecule has 1 N–H and O–H groups in total. The highest BCUT2D eigenvalue weighted by atomic mass is 15.4. The molecule has 0 spiro atoms. The number of nitrogens with one attached hydrogen (secondary N) is 1. The lowest BCUT2D eigenvalue weighted by atomic mass is 10.1. The monoisotopic (exact) mass is 268 g/mol. The van der Waals surface area contributed by atoms with Crippen molar-refractivity contribution >= 4 is 16.9 Å². The lowest BCUT2D eigenvalue weighted by Gasteiger charge is -2.24. The summed E-state index contributed by atoms with van der Waals surface area (Å²) < 4.78 is 4.01. The Hall–Kier alpha value is -2.37. The highest BCUT2D eigenvalue weighted by Gasteiger charge is 2.25. The SMILES string of the molecule is CCn1cc(C2CCNc3c4cccnc4nn32)cn1. The molecule has 20 heavy (non-hydrogen) atoms. The van der Waals surface area contributed by atoms with Crippen LogP contribution in [0, 0.1) is 0 Å². The minimum absolute atomic E-state index is 0.237. The highest BCUT2D eigenvalue weighted by molar-refractivity contribution is 5.87. The number of fused-ring (bicyclic) bond motifs is 3. The number of anilines is 1. The summed E-state index contributed by atoms with van der Waals surface area (Å²) in [6.45, 7) is 3.93. The second-order valence-corrected chi connectivity index (χ2v) is 5.03. The van der Waals surface area contributed by atoms with Crippen molar-refractivity contribution in [2.45, 2.75) is 25.9 Å². The van der Waals surface area contributed by atoms with Crippen LogP contribution in [0.5, 0.6) is 0 Å². The zero-order valence-corrected chi connectivity index (χ0v) is 11.3. The number of aromatic nitrogens is 5. The van der Waals surface area contributed by atoms with Crippen LogP contribution in [-0.4, -0.2) is 31.1 Å². The summed E-state index contributed by atoms with van der Waals surface area (Å²) in [5.74, 6) is 1.06. The summed E-state index contributed by atoms with van der Waals surface area (Å²) in [4.78, 5) is 4.34. The molecule has 1 aliphatic heterocycles. The molecule has 4 heterocycles. The molecule has 4 rings (SSSR count). The van der Waals surface area contributed by atoms with Crippen molar-refractivity contribution in [2.75, 3.05) is 11.9 Å². The van der Waals surface area contributed by atoms with Gasteiger partial charge in [0.15, 0.2) is 5.65 Å². The number of hydrogen-bond acceptors (Lipinski definition) is 4. The summed E-state index contributed by atoms with van der Waals surface area (Å²) in [6.07, 6.45) is 6.85. The van der Waals surface area contributed by atoms with Gasteiger partial charge >= 0.3 is 0 Å². The van der Waals surface area contributed by atoms with Crippen LogP contribution in [-0.2, 0) is 6.54 Å². The van der Waals surface area contributed by atoms with Crippen LogP contribution in [0.15, 0.2) is 30.7 Å². The first-order valence-electron chi connectivity index (χ1n) is 6.96. The summed E-state index contributed by atoms with van der Waals surface area (Å²) in [6, 6.07) is 4.25. The normalized spacial score (nSPS) is 17.9. The second kappa shape index (κ2) is 4.33. The average Bonchev–Trinajstić information content (AvgIpc) is 3.11. The van der Waals surface area contributed by atoms with Gasteiger partial charge in [0.05, 0.1) is 17.6 Å². The quantitative estimate of drug-likeness (QED) is 0.772. The molecule has 6 heteroatoms. The zero-order valence-electron chi connectivity index (χ0n) is 11.3. The van der Waals surface area contributed by atoms with Crippen molar-refractivity contribution < 1.29 is 0 Å². The summed E-state index contributed by atoms with van der Waals surface area (Å²) in [5, 5.41) is 13.6. The Bertz CT molecular complexity index is 756. The lowest BCUT2D eigenvalue weighted by Crippen LogP contribution is -2.24. The van der Waals surface area contributed by atoms with Gasteiger partial charge in [0.1, 0.15) is 5.82 Å². The first-order valence-corrected chi connectivity index (χ1v) is 6.96. The molecule has 102 valence electrons. The van der Waals surface area contributed by atoms with E-state index in [4.69, 9.17) is 0 Å². The molecule has 1 aliphatic rings. The Kier molecular flexibility index (Phi) is 2.48. The van der Waals surface area contributed by atoms with Crippen molar-refractivity contribution in [1.82, 2.24) is 24.5 Å². The minimum Gasteiger partial charge on any atom is -0.370 e. The average molecular weight is 268 g/mol. The van der Waals surface area contributed by atoms with Crippen LogP contribution in [0.4, 0.5) is 5.82 Å². The topological polar surface area (TPSA) is 60.6 Å². The Morgan fingerprint density at radius 1 is 1.45 bits per heavy atom. The van der Waals surface area contributed by atoms with Crippen molar-refractivity contribution in [3.8, 4) is 0 Å². The van der Waals surface area contributed by atoms with Gasteiger partial charge in [-0.05, 0) is 25.5 Å². The molecule has 0 saturated carbocycles. The molecule has 0 radical (unpaired) electrons. The number of hydrogen-bond donors (Lipinski definition) is 1. The molecular formula is C14H16N6. The lowest BCUT2D eigenvalue weighted by molar-refractivity contribution is 0.484. The van der Waals surface area contributed by atoms with Crippen molar-refractivity contribution in [3.63, 3.8) is 0 Å². The molecule has 0 amide bonds. The molecule has 0 fully saturated rings. The van der Waals surface area contributed by atoms with E-state index in [1.165, 1.54) is 5.56 Å². The predicted octanol–water partition coefficient (Wildman–Crippen LogP) is 2.05. The third-order valence-corrected chi connectivity index (χ3v) is 3.84. The summed E-state index contributed by atoms with van der Waals surface area (Å²) in [7, 11) is 0. The van der Waals surface area contributed by atoms with E-state index in [-0.39, 0.29) is 6.04 Å². The van der Waals surface area contributed by atoms with Gasteiger partial charge in [0.2, 0.25) is 0 Å². The molecule has 3 aromatic heterocycles. The Morgan fingerprint density at radius 2 is 2.40 bits per heavy atom. The minimum atomic E-state index is 0.237. The van der Waals surface area contributed by atoms with Crippen LogP contribution in [0.25, 0.3) is 11.0 Å². The molecule has 0 bridgehead atoms. The fourth-order valence-electron chi connectivity index (χ4n) is 2.82. The Balaban J connectivity index is 1.85. The van der Waals surface area contributed by atoms with Crippen LogP contribution in [0.2, 0.25) is 0 Å². The van der Waals surface area contributed by atoms with E-state index in [0.29, 0.717) is 0 Å². The molecule has 3 aromatic rings. The van der Waals surface area contributed by atoms with Crippen molar-refractivity contribution in [2.24, 2.45) is 0 Å². The van der Waals surface area contributed by atoms with Gasteiger partial charge in [-0.25, -0.2) is 9.67 Å². The first-order chi connectivity index (χ1) is 9.86. The van der Waals surface area contributed by atoms with Gasteiger partial charge in [-0.15, -0.1) is 5.10 Å². The fraction of sp³-hybridized carbons (Fsp3) is 0.357. The Morgan fingerprint density at radius 3 is 3.25 bits per heavy atom. The Labute approximate surface area is 116 Å². The van der Waals surface area contributed by atoms with Crippen LogP contribution in [0.3, 0.4) is 0 Å². The van der Waals surface area contributed by atoms with E-state index in [9.17, 15) is 0 Å². The fourth-order valence-corrected chi connectivity index (χ4v) is 2.82. The number of nitrogens with zero attached hydrogens (tertiary/aromatic N) is 5. The molecule has 1 unspecified atom stereocenters. The summed E-state index contributed by atoms with van der Waals surface area (Å²) in [5.41, 5.74) is 2.01. The highest BCUT2D eigenvalue weighted by Crippen LogP contribution is 2.33. The van der Waals surface area contributed by atoms with E-state index in [2.05, 4.69) is 44.4 Å². The predicted molar refractivity (Wildman–Crippen MR) is 76.7 cm³/mol. The molecule has 0 aromatic carbocycles. The van der Waals surface area contributed by atoms with Crippen molar-refractivity contribution in [1.29, 1.82) is 0 Å². The maximum absolute atomic E-state index is 4.65. The van der Waals surface area contributed by atoms with Crippen LogP contribution in [0.1, 0.15) is 24.9 Å². The van der Waals surface area contributed by atoms with Gasteiger partial charge in [0, 0.05) is 31.0 Å². The molecular weight excluding hydrogens is 252 g/mol. The van der Waals surface area contributed by atoms with E-state index >= 15 is 0 Å². The maximum Gasteiger partial charge on any atom is 0.183 e. The number of rotatable bonds is 2. The largest absolute Gasteiger partial charge is 0.370 e. The standard InChI is InChI=1S/C14H16N6/c1-2-19-9-10(8-17-19)12-5-7-16-14-11-4-3-6-15-13(11)18-20(12)14/h3-4,6,8-9,12,16H,2,5,7H2,1H3. The van der Waals surface area contributed by atoms with Gasteiger partial charge in [0.25, 0.3) is 0 Å². The van der Waals surface area contributed by atoms with Crippen LogP contribution >= 0.6 is 0 Å². The molecule has 1 atom stereocenters. The zero-order chi connectivity index (χ0) is 13.5. The number of aryl methyl sites for hydroxylation is 1. The number of pyridine rings is 1. The van der Waals surface area contributed by atoms with Crippen molar-refractivity contribution in [3.05, 3.63) is 36.3 Å². The molecule has 6 nitrogen and oxygen atoms in total. The molecule has 0 saturated heterocycles. The van der Waals surface area contributed by atoms with E-state index in [1.807, 2.05) is 16.9 Å². The van der Waals surface area contributed by atoms with Gasteiger partial charge in [-0.2, -0.15) is 5.10 Å². The third kappa shape index (κ3) is 1.61. The maximum atomic E-state index is 4.65. The van der Waals surface area contributed by atoms with Gasteiger partial charge in [-0.1, -0.05) is 0 Å². The van der Waals surface area contributed by atoms with Gasteiger partial charge in [-0.3, -0.25) is 4.68 Å². The van der Waals surface area contributed by atoms with E-state index in [0.717, 1.165) is 36.4 Å².